The van der Waals surface area contributed by atoms with Gasteiger partial charge in [-0.3, -0.25) is 0 Å². The van der Waals surface area contributed by atoms with Crippen molar-refractivity contribution in [3.8, 4) is 6.07 Å². The van der Waals surface area contributed by atoms with Crippen LogP contribution in [0.3, 0.4) is 0 Å². The smallest absolute Gasteiger partial charge is 0.178 e. The zero-order valence-corrected chi connectivity index (χ0v) is 9.42. The van der Waals surface area contributed by atoms with Crippen LogP contribution >= 0.6 is 0 Å². The summed E-state index contributed by atoms with van der Waals surface area (Å²) in [7, 11) is -3.12. The molecule has 0 fully saturated rings. The summed E-state index contributed by atoms with van der Waals surface area (Å²) in [5.74, 6) is 0.171. The quantitative estimate of drug-likeness (QED) is 0.783. The van der Waals surface area contributed by atoms with Gasteiger partial charge in [-0.25, -0.2) is 8.42 Å². The van der Waals surface area contributed by atoms with Crippen molar-refractivity contribution in [1.29, 1.82) is 5.26 Å². The Morgan fingerprint density at radius 2 is 1.87 bits per heavy atom. The minimum absolute atomic E-state index is 0.171. The van der Waals surface area contributed by atoms with Gasteiger partial charge in [-0.15, -0.1) is 0 Å². The number of sulfone groups is 1. The zero-order chi connectivity index (χ0) is 11.3. The summed E-state index contributed by atoms with van der Waals surface area (Å²) in [5.41, 5.74) is 0.841. The summed E-state index contributed by atoms with van der Waals surface area (Å²) in [6.45, 7) is 1.83. The zero-order valence-electron chi connectivity index (χ0n) is 8.60. The first-order valence-corrected chi connectivity index (χ1v) is 6.44. The number of hydrogen-bond acceptors (Lipinski definition) is 3. The third-order valence-electron chi connectivity index (χ3n) is 2.04. The lowest BCUT2D eigenvalue weighted by atomic mass is 10.2. The van der Waals surface area contributed by atoms with Crippen LogP contribution in [-0.4, -0.2) is 14.2 Å². The fourth-order valence-corrected chi connectivity index (χ4v) is 2.62. The minimum Gasteiger partial charge on any atom is -0.224 e. The highest BCUT2D eigenvalue weighted by molar-refractivity contribution is 7.91. The van der Waals surface area contributed by atoms with E-state index in [0.717, 1.165) is 5.56 Å². The Kier molecular flexibility index (Phi) is 3.87. The highest BCUT2D eigenvalue weighted by atomic mass is 32.2. The maximum atomic E-state index is 11.6. The van der Waals surface area contributed by atoms with Crippen molar-refractivity contribution in [3.63, 3.8) is 0 Å². The summed E-state index contributed by atoms with van der Waals surface area (Å²) in [6, 6.07) is 8.52. The van der Waals surface area contributed by atoms with Crippen LogP contribution in [0.25, 0.3) is 0 Å². The van der Waals surface area contributed by atoms with E-state index in [4.69, 9.17) is 5.26 Å². The molecule has 0 spiro atoms. The molecule has 0 saturated carbocycles. The van der Waals surface area contributed by atoms with Crippen molar-refractivity contribution in [2.24, 2.45) is 0 Å². The van der Waals surface area contributed by atoms with Gasteiger partial charge in [0.1, 0.15) is 0 Å². The molecule has 0 saturated heterocycles. The number of rotatable bonds is 4. The van der Waals surface area contributed by atoms with Crippen LogP contribution in [0, 0.1) is 11.3 Å². The fourth-order valence-electron chi connectivity index (χ4n) is 1.29. The van der Waals surface area contributed by atoms with Gasteiger partial charge in [-0.1, -0.05) is 19.1 Å². The highest BCUT2D eigenvalue weighted by Crippen LogP contribution is 2.13. The number of benzene rings is 1. The van der Waals surface area contributed by atoms with Gasteiger partial charge in [0.2, 0.25) is 0 Å². The van der Waals surface area contributed by atoms with Gasteiger partial charge >= 0.3 is 0 Å². The van der Waals surface area contributed by atoms with Crippen LogP contribution in [0.15, 0.2) is 29.2 Å². The molecule has 0 radical (unpaired) electrons. The summed E-state index contributed by atoms with van der Waals surface area (Å²) >= 11 is 0. The second-order valence-electron chi connectivity index (χ2n) is 3.30. The molecule has 3 nitrogen and oxygen atoms in total. The van der Waals surface area contributed by atoms with E-state index in [1.165, 1.54) is 0 Å². The maximum absolute atomic E-state index is 11.6. The van der Waals surface area contributed by atoms with Crippen molar-refractivity contribution in [2.45, 2.75) is 24.7 Å². The predicted octanol–water partition coefficient (Wildman–Crippen LogP) is 1.94. The van der Waals surface area contributed by atoms with Gasteiger partial charge < -0.3 is 0 Å². The molecule has 15 heavy (non-hydrogen) atoms. The predicted molar refractivity (Wildman–Crippen MR) is 58.1 cm³/mol. The SMILES string of the molecule is CCCS(=O)(=O)c1ccc(CC#N)cc1. The third-order valence-corrected chi connectivity index (χ3v) is 3.97. The summed E-state index contributed by atoms with van der Waals surface area (Å²) in [5, 5.41) is 8.46. The molecule has 4 heteroatoms. The van der Waals surface area contributed by atoms with Crippen molar-refractivity contribution >= 4 is 9.84 Å². The molecular formula is C11H13NO2S. The van der Waals surface area contributed by atoms with Crippen molar-refractivity contribution in [2.75, 3.05) is 5.75 Å². The largest absolute Gasteiger partial charge is 0.224 e. The Morgan fingerprint density at radius 3 is 2.33 bits per heavy atom. The minimum atomic E-state index is -3.12. The Bertz CT molecular complexity index is 454. The highest BCUT2D eigenvalue weighted by Gasteiger charge is 2.12. The molecule has 0 unspecified atom stereocenters. The van der Waals surface area contributed by atoms with Crippen molar-refractivity contribution in [1.82, 2.24) is 0 Å². The third kappa shape index (κ3) is 3.07. The molecular weight excluding hydrogens is 210 g/mol. The molecule has 1 aromatic rings. The maximum Gasteiger partial charge on any atom is 0.178 e. The molecule has 80 valence electrons. The average molecular weight is 223 g/mol. The van der Waals surface area contributed by atoms with Gasteiger partial charge in [0, 0.05) is 0 Å². The second kappa shape index (κ2) is 4.94. The Labute approximate surface area is 90.3 Å². The van der Waals surface area contributed by atoms with E-state index in [9.17, 15) is 8.42 Å². The summed E-state index contributed by atoms with van der Waals surface area (Å²) < 4.78 is 23.3. The molecule has 0 aliphatic rings. The molecule has 0 aliphatic heterocycles. The standard InChI is InChI=1S/C11H13NO2S/c1-2-9-15(13,14)11-5-3-10(4-6-11)7-8-12/h3-6H,2,7,9H2,1H3. The van der Waals surface area contributed by atoms with Crippen molar-refractivity contribution < 1.29 is 8.42 Å². The number of nitrogens with zero attached hydrogens (tertiary/aromatic N) is 1. The Balaban J connectivity index is 2.95. The first-order valence-electron chi connectivity index (χ1n) is 4.79. The monoisotopic (exact) mass is 223 g/mol. The first kappa shape index (κ1) is 11.7. The Morgan fingerprint density at radius 1 is 1.27 bits per heavy atom. The molecule has 0 heterocycles. The first-order chi connectivity index (χ1) is 7.10. The van der Waals surface area contributed by atoms with Gasteiger partial charge in [0.05, 0.1) is 23.1 Å². The van der Waals surface area contributed by atoms with E-state index in [-0.39, 0.29) is 5.75 Å². The molecule has 0 amide bonds. The molecule has 0 aliphatic carbocycles. The number of hydrogen-bond donors (Lipinski definition) is 0. The van der Waals surface area contributed by atoms with E-state index in [0.29, 0.717) is 17.7 Å². The van der Waals surface area contributed by atoms with Crippen LogP contribution in [0.2, 0.25) is 0 Å². The molecule has 1 aromatic carbocycles. The van der Waals surface area contributed by atoms with Crippen molar-refractivity contribution in [3.05, 3.63) is 29.8 Å². The van der Waals surface area contributed by atoms with E-state index in [2.05, 4.69) is 0 Å². The van der Waals surface area contributed by atoms with Crippen LogP contribution in [0.1, 0.15) is 18.9 Å². The van der Waals surface area contributed by atoms with Gasteiger partial charge in [-0.05, 0) is 24.1 Å². The number of nitriles is 1. The molecule has 1 rings (SSSR count). The van der Waals surface area contributed by atoms with Gasteiger partial charge in [0.25, 0.3) is 0 Å². The molecule has 0 N–H and O–H groups in total. The van der Waals surface area contributed by atoms with E-state index in [1.54, 1.807) is 24.3 Å². The summed E-state index contributed by atoms with van der Waals surface area (Å²) in [6.07, 6.45) is 0.927. The average Bonchev–Trinajstić information content (AvgIpc) is 2.19. The second-order valence-corrected chi connectivity index (χ2v) is 5.41. The van der Waals surface area contributed by atoms with Crippen LogP contribution in [-0.2, 0) is 16.3 Å². The lowest BCUT2D eigenvalue weighted by Crippen LogP contribution is -2.05. The van der Waals surface area contributed by atoms with Crippen LogP contribution in [0.5, 0.6) is 0 Å². The van der Waals surface area contributed by atoms with Gasteiger partial charge in [0.15, 0.2) is 9.84 Å². The van der Waals surface area contributed by atoms with E-state index < -0.39 is 9.84 Å². The molecule has 0 bridgehead atoms. The van der Waals surface area contributed by atoms with E-state index >= 15 is 0 Å². The summed E-state index contributed by atoms with van der Waals surface area (Å²) in [4.78, 5) is 0.339. The van der Waals surface area contributed by atoms with E-state index in [1.807, 2.05) is 13.0 Å². The van der Waals surface area contributed by atoms with Crippen LogP contribution in [0.4, 0.5) is 0 Å². The van der Waals surface area contributed by atoms with Crippen LogP contribution < -0.4 is 0 Å². The normalized spacial score (nSPS) is 10.9. The Hall–Kier alpha value is -1.34. The molecule has 0 atom stereocenters. The molecule has 0 aromatic heterocycles. The lowest BCUT2D eigenvalue weighted by molar-refractivity contribution is 0.594. The topological polar surface area (TPSA) is 57.9 Å². The van der Waals surface area contributed by atoms with Gasteiger partial charge in [-0.2, -0.15) is 5.26 Å². The lowest BCUT2D eigenvalue weighted by Gasteiger charge is -2.02. The fraction of sp³-hybridized carbons (Fsp3) is 0.364.